The van der Waals surface area contributed by atoms with Crippen LogP contribution in [-0.4, -0.2) is 20.7 Å². The molecule has 0 atom stereocenters. The molecule has 3 aromatic carbocycles. The maximum absolute atomic E-state index is 12.8. The van der Waals surface area contributed by atoms with Gasteiger partial charge in [-0.25, -0.2) is 4.68 Å². The average molecular weight is 456 g/mol. The van der Waals surface area contributed by atoms with E-state index in [1.54, 1.807) is 29.2 Å². The van der Waals surface area contributed by atoms with E-state index in [0.717, 1.165) is 27.6 Å². The highest BCUT2D eigenvalue weighted by Crippen LogP contribution is 2.28. The van der Waals surface area contributed by atoms with Gasteiger partial charge in [0.2, 0.25) is 0 Å². The highest BCUT2D eigenvalue weighted by Gasteiger charge is 2.15. The minimum atomic E-state index is -0.451. The Labute approximate surface area is 202 Å². The maximum atomic E-state index is 12.8. The molecule has 0 saturated heterocycles. The molecule has 0 aliphatic heterocycles. The second-order valence-electron chi connectivity index (χ2n) is 7.99. The van der Waals surface area contributed by atoms with Crippen LogP contribution in [0.15, 0.2) is 109 Å². The van der Waals surface area contributed by atoms with Gasteiger partial charge < -0.3 is 5.32 Å². The zero-order valence-corrected chi connectivity index (χ0v) is 18.8. The molecule has 2 heterocycles. The molecule has 1 amide bonds. The minimum absolute atomic E-state index is 0.00328. The fourth-order valence-corrected chi connectivity index (χ4v) is 3.85. The van der Waals surface area contributed by atoms with E-state index in [2.05, 4.69) is 28.5 Å². The topological polar surface area (TPSA) is 83.6 Å². The molecule has 0 radical (unpaired) electrons. The Morgan fingerprint density at radius 3 is 2.54 bits per heavy atom. The summed E-state index contributed by atoms with van der Waals surface area (Å²) in [6, 6.07) is 29.7. The lowest BCUT2D eigenvalue weighted by Crippen LogP contribution is -2.24. The Kier molecular flexibility index (Phi) is 6.14. The van der Waals surface area contributed by atoms with Crippen LogP contribution in [0.5, 0.6) is 0 Å². The van der Waals surface area contributed by atoms with Crippen molar-refractivity contribution in [3.05, 3.63) is 120 Å². The van der Waals surface area contributed by atoms with Crippen molar-refractivity contribution in [1.82, 2.24) is 20.1 Å². The van der Waals surface area contributed by atoms with Gasteiger partial charge in [-0.1, -0.05) is 60.7 Å². The average Bonchev–Trinajstić information content (AvgIpc) is 3.35. The summed E-state index contributed by atoms with van der Waals surface area (Å²) in [4.78, 5) is 16.9. The summed E-state index contributed by atoms with van der Waals surface area (Å²) in [5.74, 6) is -0.451. The van der Waals surface area contributed by atoms with Gasteiger partial charge >= 0.3 is 0 Å². The first-order valence-corrected chi connectivity index (χ1v) is 11.1. The molecule has 0 fully saturated rings. The molecule has 6 heteroatoms. The highest BCUT2D eigenvalue weighted by atomic mass is 16.1. The number of benzene rings is 3. The number of carbonyl (C=O) groups excluding carboxylic acids is 1. The molecule has 1 N–H and O–H groups in total. The largest absolute Gasteiger partial charge is 0.347 e. The second kappa shape index (κ2) is 9.86. The molecule has 0 bridgehead atoms. The van der Waals surface area contributed by atoms with Gasteiger partial charge in [0, 0.05) is 36.3 Å². The Hall–Kier alpha value is -5.02. The van der Waals surface area contributed by atoms with E-state index < -0.39 is 5.91 Å². The highest BCUT2D eigenvalue weighted by molar-refractivity contribution is 6.02. The number of rotatable bonds is 6. The summed E-state index contributed by atoms with van der Waals surface area (Å²) in [6.07, 6.45) is 6.78. The second-order valence-corrected chi connectivity index (χ2v) is 7.99. The zero-order chi connectivity index (χ0) is 24.0. The SMILES string of the molecule is N#C/C(=C/c1cn(-c2ccccc2)nc1-c1ccc2ccccc2c1)C(=O)NCc1cccnc1. The third-order valence-electron chi connectivity index (χ3n) is 5.63. The van der Waals surface area contributed by atoms with Crippen molar-refractivity contribution < 1.29 is 4.79 Å². The number of nitriles is 1. The standard InChI is InChI=1S/C29H21N5O/c30-17-25(29(35)32-19-21-7-6-14-31-18-21)16-26-20-34(27-10-2-1-3-11-27)33-28(26)24-13-12-22-8-4-5-9-23(22)15-24/h1-16,18,20H,19H2,(H,32,35)/b25-16-. The van der Waals surface area contributed by atoms with Crippen molar-refractivity contribution in [3.8, 4) is 23.0 Å². The van der Waals surface area contributed by atoms with Crippen LogP contribution in [-0.2, 0) is 11.3 Å². The molecule has 2 aromatic heterocycles. The molecule has 0 aliphatic carbocycles. The molecule has 0 unspecified atom stereocenters. The smallest absolute Gasteiger partial charge is 0.262 e. The van der Waals surface area contributed by atoms with E-state index in [-0.39, 0.29) is 12.1 Å². The van der Waals surface area contributed by atoms with Gasteiger partial charge in [-0.3, -0.25) is 9.78 Å². The van der Waals surface area contributed by atoms with E-state index in [1.165, 1.54) is 0 Å². The van der Waals surface area contributed by atoms with Crippen LogP contribution in [0.1, 0.15) is 11.1 Å². The first-order valence-electron chi connectivity index (χ1n) is 11.1. The van der Waals surface area contributed by atoms with Crippen molar-refractivity contribution in [2.45, 2.75) is 6.54 Å². The van der Waals surface area contributed by atoms with Crippen LogP contribution in [0, 0.1) is 11.3 Å². The molecule has 6 nitrogen and oxygen atoms in total. The summed E-state index contributed by atoms with van der Waals surface area (Å²) >= 11 is 0. The van der Waals surface area contributed by atoms with Crippen molar-refractivity contribution in [3.63, 3.8) is 0 Å². The van der Waals surface area contributed by atoms with Crippen LogP contribution >= 0.6 is 0 Å². The van der Waals surface area contributed by atoms with Crippen molar-refractivity contribution >= 4 is 22.8 Å². The molecule has 0 saturated carbocycles. The van der Waals surface area contributed by atoms with Crippen LogP contribution < -0.4 is 5.32 Å². The zero-order valence-electron chi connectivity index (χ0n) is 18.8. The maximum Gasteiger partial charge on any atom is 0.262 e. The summed E-state index contributed by atoms with van der Waals surface area (Å²) in [7, 11) is 0. The van der Waals surface area contributed by atoms with Crippen molar-refractivity contribution in [2.75, 3.05) is 0 Å². The lowest BCUT2D eigenvalue weighted by molar-refractivity contribution is -0.117. The number of carbonyl (C=O) groups is 1. The van der Waals surface area contributed by atoms with E-state index >= 15 is 0 Å². The van der Waals surface area contributed by atoms with E-state index in [1.807, 2.05) is 72.9 Å². The van der Waals surface area contributed by atoms with Crippen LogP contribution in [0.25, 0.3) is 33.8 Å². The first kappa shape index (κ1) is 21.8. The molecule has 5 aromatic rings. The number of para-hydroxylation sites is 1. The van der Waals surface area contributed by atoms with Crippen LogP contribution in [0.3, 0.4) is 0 Å². The van der Waals surface area contributed by atoms with Gasteiger partial charge in [0.1, 0.15) is 17.3 Å². The molecule has 0 aliphatic rings. The molecule has 0 spiro atoms. The van der Waals surface area contributed by atoms with Crippen LogP contribution in [0.4, 0.5) is 0 Å². The summed E-state index contributed by atoms with van der Waals surface area (Å²) in [5, 5.41) is 19.6. The lowest BCUT2D eigenvalue weighted by Gasteiger charge is -2.05. The van der Waals surface area contributed by atoms with Crippen LogP contribution in [0.2, 0.25) is 0 Å². The summed E-state index contributed by atoms with van der Waals surface area (Å²) < 4.78 is 1.76. The molecular weight excluding hydrogens is 434 g/mol. The van der Waals surface area contributed by atoms with E-state index in [9.17, 15) is 10.1 Å². The van der Waals surface area contributed by atoms with Gasteiger partial charge in [0.15, 0.2) is 0 Å². The van der Waals surface area contributed by atoms with Gasteiger partial charge in [0.25, 0.3) is 5.91 Å². The van der Waals surface area contributed by atoms with Gasteiger partial charge in [-0.2, -0.15) is 10.4 Å². The first-order chi connectivity index (χ1) is 17.2. The molecule has 168 valence electrons. The number of nitrogens with one attached hydrogen (secondary N) is 1. The number of nitrogens with zero attached hydrogens (tertiary/aromatic N) is 4. The number of hydrogen-bond acceptors (Lipinski definition) is 4. The minimum Gasteiger partial charge on any atom is -0.347 e. The van der Waals surface area contributed by atoms with E-state index in [0.29, 0.717) is 11.3 Å². The summed E-state index contributed by atoms with van der Waals surface area (Å²) in [6.45, 7) is 0.284. The summed E-state index contributed by atoms with van der Waals surface area (Å²) in [5.41, 5.74) is 4.01. The fourth-order valence-electron chi connectivity index (χ4n) is 3.85. The Morgan fingerprint density at radius 2 is 1.77 bits per heavy atom. The Balaban J connectivity index is 1.54. The number of amides is 1. The lowest BCUT2D eigenvalue weighted by atomic mass is 10.0. The normalized spacial score (nSPS) is 11.2. The van der Waals surface area contributed by atoms with Crippen molar-refractivity contribution in [1.29, 1.82) is 5.26 Å². The molecular formula is C29H21N5O. The monoisotopic (exact) mass is 455 g/mol. The number of aromatic nitrogens is 3. The number of fused-ring (bicyclic) bond motifs is 1. The predicted octanol–water partition coefficient (Wildman–Crippen LogP) is 5.31. The fraction of sp³-hybridized carbons (Fsp3) is 0.0345. The van der Waals surface area contributed by atoms with Gasteiger partial charge in [-0.05, 0) is 46.7 Å². The van der Waals surface area contributed by atoms with Gasteiger partial charge in [-0.15, -0.1) is 0 Å². The quantitative estimate of drug-likeness (QED) is 0.278. The molecule has 35 heavy (non-hydrogen) atoms. The van der Waals surface area contributed by atoms with Crippen molar-refractivity contribution in [2.24, 2.45) is 0 Å². The van der Waals surface area contributed by atoms with Gasteiger partial charge in [0.05, 0.1) is 5.69 Å². The number of pyridine rings is 1. The number of hydrogen-bond donors (Lipinski definition) is 1. The van der Waals surface area contributed by atoms with E-state index in [4.69, 9.17) is 5.10 Å². The Bertz CT molecular complexity index is 1560. The molecule has 5 rings (SSSR count). The predicted molar refractivity (Wildman–Crippen MR) is 136 cm³/mol. The Morgan fingerprint density at radius 1 is 0.971 bits per heavy atom. The third-order valence-corrected chi connectivity index (χ3v) is 5.63. The third kappa shape index (κ3) is 4.85.